The van der Waals surface area contributed by atoms with Crippen molar-refractivity contribution in [1.29, 1.82) is 0 Å². The van der Waals surface area contributed by atoms with Crippen molar-refractivity contribution in [2.24, 2.45) is 0 Å². The normalized spacial score (nSPS) is 11.0. The molecule has 0 aliphatic carbocycles. The van der Waals surface area contributed by atoms with E-state index in [1.54, 1.807) is 49.4 Å². The van der Waals surface area contributed by atoms with Gasteiger partial charge in [0.05, 0.1) is 11.3 Å². The predicted octanol–water partition coefficient (Wildman–Crippen LogP) is 4.24. The van der Waals surface area contributed by atoms with Gasteiger partial charge in [0.25, 0.3) is 11.8 Å². The van der Waals surface area contributed by atoms with Crippen LogP contribution in [0.2, 0.25) is 0 Å². The second-order valence-corrected chi connectivity index (χ2v) is 9.32. The summed E-state index contributed by atoms with van der Waals surface area (Å²) in [5.74, 6) is -1.88. The number of anilines is 2. The fourth-order valence-electron chi connectivity index (χ4n) is 3.08. The van der Waals surface area contributed by atoms with E-state index in [0.717, 1.165) is 0 Å². The first-order chi connectivity index (χ1) is 16.2. The van der Waals surface area contributed by atoms with E-state index >= 15 is 0 Å². The molecule has 0 atom stereocenters. The topological polar surface area (TPSA) is 104 Å². The Bertz CT molecular complexity index is 1320. The van der Waals surface area contributed by atoms with E-state index in [2.05, 4.69) is 21.9 Å². The van der Waals surface area contributed by atoms with E-state index < -0.39 is 27.7 Å². The molecule has 0 radical (unpaired) electrons. The molecule has 176 valence electrons. The summed E-state index contributed by atoms with van der Waals surface area (Å²) in [5.41, 5.74) is 2.31. The number of halogens is 1. The standard InChI is InChI=1S/C25H24FN3O4S/c1-3-14-27-34(32,33)16-18-9-12-20(13-10-18)28-24(30)19-11-8-17(2)23(15-19)29-25(31)21-6-4-5-7-22(21)26/h3-13,15,27H,1,14,16H2,2H3,(H,28,30)(H,29,31). The third-order valence-corrected chi connectivity index (χ3v) is 6.20. The highest BCUT2D eigenvalue weighted by atomic mass is 32.2. The molecular weight excluding hydrogens is 457 g/mol. The van der Waals surface area contributed by atoms with Crippen molar-refractivity contribution in [3.63, 3.8) is 0 Å². The second kappa shape index (κ2) is 10.9. The molecule has 3 aromatic rings. The van der Waals surface area contributed by atoms with Gasteiger partial charge in [0.1, 0.15) is 5.82 Å². The summed E-state index contributed by atoms with van der Waals surface area (Å²) in [5, 5.41) is 5.38. The molecule has 0 heterocycles. The van der Waals surface area contributed by atoms with Crippen LogP contribution >= 0.6 is 0 Å². The molecule has 0 bridgehead atoms. The highest BCUT2D eigenvalue weighted by Crippen LogP contribution is 2.20. The van der Waals surface area contributed by atoms with Crippen molar-refractivity contribution in [1.82, 2.24) is 4.72 Å². The molecule has 9 heteroatoms. The molecule has 0 aliphatic heterocycles. The van der Waals surface area contributed by atoms with Crippen LogP contribution < -0.4 is 15.4 Å². The molecule has 0 fully saturated rings. The molecule has 7 nitrogen and oxygen atoms in total. The van der Waals surface area contributed by atoms with E-state index in [9.17, 15) is 22.4 Å². The molecule has 34 heavy (non-hydrogen) atoms. The molecule has 3 N–H and O–H groups in total. The SMILES string of the molecule is C=CCNS(=O)(=O)Cc1ccc(NC(=O)c2ccc(C)c(NC(=O)c3ccccc3F)c2)cc1. The van der Waals surface area contributed by atoms with Gasteiger partial charge in [-0.2, -0.15) is 0 Å². The van der Waals surface area contributed by atoms with E-state index in [0.29, 0.717) is 22.5 Å². The third kappa shape index (κ3) is 6.60. The van der Waals surface area contributed by atoms with Crippen molar-refractivity contribution in [3.8, 4) is 0 Å². The number of nitrogens with one attached hydrogen (secondary N) is 3. The van der Waals surface area contributed by atoms with Crippen LogP contribution in [0.15, 0.2) is 79.4 Å². The van der Waals surface area contributed by atoms with Crippen LogP contribution in [0, 0.1) is 12.7 Å². The Morgan fingerprint density at radius 2 is 1.68 bits per heavy atom. The zero-order chi connectivity index (χ0) is 24.7. The number of amides is 2. The Balaban J connectivity index is 1.69. The van der Waals surface area contributed by atoms with Gasteiger partial charge in [-0.1, -0.05) is 36.4 Å². The van der Waals surface area contributed by atoms with Gasteiger partial charge in [-0.15, -0.1) is 6.58 Å². The number of benzene rings is 3. The van der Waals surface area contributed by atoms with Crippen LogP contribution in [0.1, 0.15) is 31.8 Å². The molecule has 0 aromatic heterocycles. The van der Waals surface area contributed by atoms with Crippen molar-refractivity contribution < 1.29 is 22.4 Å². The molecule has 0 spiro atoms. The summed E-state index contributed by atoms with van der Waals surface area (Å²) in [7, 11) is -3.48. The van der Waals surface area contributed by atoms with Gasteiger partial charge >= 0.3 is 0 Å². The van der Waals surface area contributed by atoms with Crippen LogP contribution in [-0.4, -0.2) is 26.8 Å². The highest BCUT2D eigenvalue weighted by molar-refractivity contribution is 7.88. The van der Waals surface area contributed by atoms with Crippen LogP contribution in [0.25, 0.3) is 0 Å². The van der Waals surface area contributed by atoms with E-state index in [-0.39, 0.29) is 23.4 Å². The molecule has 3 aromatic carbocycles. The molecule has 0 unspecified atom stereocenters. The quantitative estimate of drug-likeness (QED) is 0.398. The van der Waals surface area contributed by atoms with Gasteiger partial charge in [0.15, 0.2) is 0 Å². The van der Waals surface area contributed by atoms with E-state index in [1.165, 1.54) is 30.3 Å². The predicted molar refractivity (Wildman–Crippen MR) is 131 cm³/mol. The minimum absolute atomic E-state index is 0.0986. The molecule has 0 saturated heterocycles. The Labute approximate surface area is 197 Å². The van der Waals surface area contributed by atoms with Crippen molar-refractivity contribution in [3.05, 3.63) is 107 Å². The van der Waals surface area contributed by atoms with Gasteiger partial charge in [0, 0.05) is 23.5 Å². The molecule has 0 aliphatic rings. The average Bonchev–Trinajstić information content (AvgIpc) is 2.80. The van der Waals surface area contributed by atoms with Crippen molar-refractivity contribution in [2.75, 3.05) is 17.2 Å². The Kier molecular flexibility index (Phi) is 7.93. The number of aryl methyl sites for hydroxylation is 1. The number of hydrogen-bond donors (Lipinski definition) is 3. The van der Waals surface area contributed by atoms with Crippen LogP contribution in [0.4, 0.5) is 15.8 Å². The summed E-state index contributed by atoms with van der Waals surface area (Å²) in [4.78, 5) is 25.2. The monoisotopic (exact) mass is 481 g/mol. The van der Waals surface area contributed by atoms with E-state index in [4.69, 9.17) is 0 Å². The summed E-state index contributed by atoms with van der Waals surface area (Å²) in [6.07, 6.45) is 1.46. The Morgan fingerprint density at radius 1 is 0.971 bits per heavy atom. The number of hydrogen-bond acceptors (Lipinski definition) is 4. The van der Waals surface area contributed by atoms with Crippen molar-refractivity contribution >= 4 is 33.2 Å². The summed E-state index contributed by atoms with van der Waals surface area (Å²) < 4.78 is 40.2. The lowest BCUT2D eigenvalue weighted by atomic mass is 10.1. The average molecular weight is 482 g/mol. The minimum atomic E-state index is -3.48. The summed E-state index contributed by atoms with van der Waals surface area (Å²) in [6.45, 7) is 5.38. The lowest BCUT2D eigenvalue weighted by Gasteiger charge is -2.12. The first kappa shape index (κ1) is 24.8. The number of carbonyl (C=O) groups excluding carboxylic acids is 2. The first-order valence-corrected chi connectivity index (χ1v) is 12.0. The Hall–Kier alpha value is -3.82. The maximum absolute atomic E-state index is 13.9. The highest BCUT2D eigenvalue weighted by Gasteiger charge is 2.15. The minimum Gasteiger partial charge on any atom is -0.322 e. The molecule has 3 rings (SSSR count). The molecular formula is C25H24FN3O4S. The number of carbonyl (C=O) groups is 2. The van der Waals surface area contributed by atoms with Gasteiger partial charge in [-0.05, 0) is 54.4 Å². The summed E-state index contributed by atoms with van der Waals surface area (Å²) in [6, 6.07) is 16.8. The van der Waals surface area contributed by atoms with Crippen LogP contribution in [0.5, 0.6) is 0 Å². The maximum Gasteiger partial charge on any atom is 0.258 e. The smallest absolute Gasteiger partial charge is 0.258 e. The van der Waals surface area contributed by atoms with Crippen LogP contribution in [-0.2, 0) is 15.8 Å². The Morgan fingerprint density at radius 3 is 2.35 bits per heavy atom. The zero-order valence-electron chi connectivity index (χ0n) is 18.5. The van der Waals surface area contributed by atoms with E-state index in [1.807, 2.05) is 0 Å². The van der Waals surface area contributed by atoms with Gasteiger partial charge < -0.3 is 10.6 Å². The zero-order valence-corrected chi connectivity index (χ0v) is 19.3. The summed E-state index contributed by atoms with van der Waals surface area (Å²) >= 11 is 0. The number of rotatable bonds is 9. The number of sulfonamides is 1. The van der Waals surface area contributed by atoms with Gasteiger partial charge in [-0.25, -0.2) is 17.5 Å². The molecule has 2 amide bonds. The van der Waals surface area contributed by atoms with Gasteiger partial charge in [-0.3, -0.25) is 9.59 Å². The van der Waals surface area contributed by atoms with Gasteiger partial charge in [0.2, 0.25) is 10.0 Å². The van der Waals surface area contributed by atoms with Crippen LogP contribution in [0.3, 0.4) is 0 Å². The van der Waals surface area contributed by atoms with Crippen molar-refractivity contribution in [2.45, 2.75) is 12.7 Å². The maximum atomic E-state index is 13.9. The largest absolute Gasteiger partial charge is 0.322 e. The fraction of sp³-hybridized carbons (Fsp3) is 0.120. The first-order valence-electron chi connectivity index (χ1n) is 10.3. The molecule has 0 saturated carbocycles. The lowest BCUT2D eigenvalue weighted by Crippen LogP contribution is -2.25. The second-order valence-electron chi connectivity index (χ2n) is 7.51. The fourth-order valence-corrected chi connectivity index (χ4v) is 4.18. The lowest BCUT2D eigenvalue weighted by molar-refractivity contribution is 0.101. The third-order valence-electron chi connectivity index (χ3n) is 4.88.